The van der Waals surface area contributed by atoms with Crippen LogP contribution in [0.5, 0.6) is 5.75 Å². The highest BCUT2D eigenvalue weighted by atomic mass is 32.2. The van der Waals surface area contributed by atoms with E-state index in [-0.39, 0.29) is 29.2 Å². The van der Waals surface area contributed by atoms with Gasteiger partial charge in [-0.05, 0) is 43.2 Å². The Morgan fingerprint density at radius 3 is 2.35 bits per heavy atom. The highest BCUT2D eigenvalue weighted by molar-refractivity contribution is 7.89. The minimum Gasteiger partial charge on any atom is -0.496 e. The largest absolute Gasteiger partial charge is 0.496 e. The van der Waals surface area contributed by atoms with Crippen molar-refractivity contribution in [3.63, 3.8) is 0 Å². The number of hydrogen-bond donors (Lipinski definition) is 1. The summed E-state index contributed by atoms with van der Waals surface area (Å²) < 4.78 is 32.3. The molecule has 9 heteroatoms. The molecule has 1 aliphatic heterocycles. The van der Waals surface area contributed by atoms with Crippen LogP contribution in [-0.2, 0) is 21.4 Å². The van der Waals surface area contributed by atoms with Crippen LogP contribution in [0.15, 0.2) is 53.4 Å². The van der Waals surface area contributed by atoms with Crippen molar-refractivity contribution >= 4 is 21.8 Å². The van der Waals surface area contributed by atoms with Crippen LogP contribution in [0.2, 0.25) is 0 Å². The Hall–Kier alpha value is -2.91. The van der Waals surface area contributed by atoms with Crippen molar-refractivity contribution in [3.05, 3.63) is 59.7 Å². The van der Waals surface area contributed by atoms with E-state index < -0.39 is 10.0 Å². The van der Waals surface area contributed by atoms with E-state index in [0.29, 0.717) is 42.8 Å². The number of rotatable bonds is 7. The van der Waals surface area contributed by atoms with E-state index in [4.69, 9.17) is 10.5 Å². The predicted octanol–water partition coefficient (Wildman–Crippen LogP) is 1.85. The van der Waals surface area contributed by atoms with Gasteiger partial charge in [-0.2, -0.15) is 4.31 Å². The third kappa shape index (κ3) is 5.05. The summed E-state index contributed by atoms with van der Waals surface area (Å²) in [7, 11) is -0.700. The molecule has 0 aromatic heterocycles. The van der Waals surface area contributed by atoms with E-state index in [1.807, 2.05) is 0 Å². The monoisotopic (exact) mass is 445 g/mol. The fourth-order valence-corrected chi connectivity index (χ4v) is 4.85. The van der Waals surface area contributed by atoms with Gasteiger partial charge in [-0.15, -0.1) is 0 Å². The lowest BCUT2D eigenvalue weighted by molar-refractivity contribution is -0.123. The Labute approximate surface area is 182 Å². The molecular formula is C22H27N3O5S. The first-order valence-corrected chi connectivity index (χ1v) is 11.4. The quantitative estimate of drug-likeness (QED) is 0.699. The molecule has 0 saturated carbocycles. The maximum atomic E-state index is 13.0. The molecule has 0 aliphatic carbocycles. The summed E-state index contributed by atoms with van der Waals surface area (Å²) in [6.45, 7) is 0.956. The number of ether oxygens (including phenoxy) is 1. The summed E-state index contributed by atoms with van der Waals surface area (Å²) in [6, 6.07) is 13.2. The highest BCUT2D eigenvalue weighted by Gasteiger charge is 2.27. The van der Waals surface area contributed by atoms with E-state index in [1.165, 1.54) is 18.5 Å². The number of benzene rings is 2. The minimum atomic E-state index is -3.69. The summed E-state index contributed by atoms with van der Waals surface area (Å²) in [6.07, 6.45) is 1.09. The Balaban J connectivity index is 1.79. The topological polar surface area (TPSA) is 110 Å². The fourth-order valence-electron chi connectivity index (χ4n) is 3.68. The second-order valence-corrected chi connectivity index (χ2v) is 9.61. The average Bonchev–Trinajstić information content (AvgIpc) is 2.79. The van der Waals surface area contributed by atoms with Crippen LogP contribution >= 0.6 is 0 Å². The zero-order valence-electron chi connectivity index (χ0n) is 17.7. The Morgan fingerprint density at radius 2 is 1.77 bits per heavy atom. The first-order valence-electron chi connectivity index (χ1n) is 10.0. The van der Waals surface area contributed by atoms with Crippen molar-refractivity contribution in [1.29, 1.82) is 0 Å². The number of carbonyl (C=O) groups excluding carboxylic acids is 2. The molecular weight excluding hydrogens is 418 g/mol. The molecule has 0 bridgehead atoms. The Morgan fingerprint density at radius 1 is 1.13 bits per heavy atom. The zero-order chi connectivity index (χ0) is 22.6. The number of sulfonamides is 1. The second kappa shape index (κ2) is 9.49. The van der Waals surface area contributed by atoms with Gasteiger partial charge in [0.1, 0.15) is 5.75 Å². The number of amides is 2. The van der Waals surface area contributed by atoms with Gasteiger partial charge in [0.2, 0.25) is 15.9 Å². The number of methoxy groups -OCH3 is 1. The number of piperidine rings is 1. The molecule has 0 radical (unpaired) electrons. The van der Waals surface area contributed by atoms with Crippen LogP contribution in [0.1, 0.15) is 28.8 Å². The second-order valence-electron chi connectivity index (χ2n) is 7.57. The van der Waals surface area contributed by atoms with Crippen LogP contribution in [-0.4, -0.2) is 56.7 Å². The van der Waals surface area contributed by atoms with Gasteiger partial charge in [-0.3, -0.25) is 9.59 Å². The van der Waals surface area contributed by atoms with Crippen molar-refractivity contribution in [3.8, 4) is 5.75 Å². The molecule has 0 atom stereocenters. The lowest BCUT2D eigenvalue weighted by Crippen LogP contribution is -2.41. The number of likely N-dealkylation sites (tertiary alicyclic amines) is 1. The molecule has 0 unspecified atom stereocenters. The molecule has 1 heterocycles. The van der Waals surface area contributed by atoms with Crippen molar-refractivity contribution in [2.24, 2.45) is 11.7 Å². The third-order valence-corrected chi connectivity index (χ3v) is 7.37. The van der Waals surface area contributed by atoms with Crippen molar-refractivity contribution in [2.45, 2.75) is 24.3 Å². The zero-order valence-corrected chi connectivity index (χ0v) is 18.5. The fraction of sp³-hybridized carbons (Fsp3) is 0.364. The summed E-state index contributed by atoms with van der Waals surface area (Å²) >= 11 is 0. The molecule has 0 spiro atoms. The number of hydrogen-bond acceptors (Lipinski definition) is 5. The molecule has 2 aromatic rings. The van der Waals surface area contributed by atoms with Crippen molar-refractivity contribution in [2.75, 3.05) is 27.2 Å². The Bertz CT molecular complexity index is 1050. The smallest absolute Gasteiger partial charge is 0.253 e. The molecule has 2 N–H and O–H groups in total. The molecule has 1 saturated heterocycles. The van der Waals surface area contributed by atoms with Crippen molar-refractivity contribution < 1.29 is 22.7 Å². The first kappa shape index (κ1) is 22.8. The SMILES string of the molecule is COc1ccc(C(=O)N2CCC(C(N)=O)CC2)cc1CN(C)S(=O)(=O)c1ccccc1. The summed E-state index contributed by atoms with van der Waals surface area (Å²) in [5.41, 5.74) is 6.39. The average molecular weight is 446 g/mol. The summed E-state index contributed by atoms with van der Waals surface area (Å²) in [5, 5.41) is 0. The first-order chi connectivity index (χ1) is 14.7. The number of nitrogens with two attached hydrogens (primary N) is 1. The summed E-state index contributed by atoms with van der Waals surface area (Å²) in [4.78, 5) is 26.2. The van der Waals surface area contributed by atoms with Gasteiger partial charge in [-0.25, -0.2) is 8.42 Å². The van der Waals surface area contributed by atoms with E-state index in [2.05, 4.69) is 0 Å². The normalized spacial score (nSPS) is 15.1. The molecule has 8 nitrogen and oxygen atoms in total. The molecule has 2 amide bonds. The molecule has 1 aliphatic rings. The molecule has 166 valence electrons. The van der Waals surface area contributed by atoms with Gasteiger partial charge in [0.15, 0.2) is 0 Å². The number of primary amides is 1. The maximum absolute atomic E-state index is 13.0. The van der Waals surface area contributed by atoms with Gasteiger partial charge in [0.05, 0.1) is 12.0 Å². The van der Waals surface area contributed by atoms with Gasteiger partial charge < -0.3 is 15.4 Å². The molecule has 1 fully saturated rings. The van der Waals surface area contributed by atoms with E-state index >= 15 is 0 Å². The highest BCUT2D eigenvalue weighted by Crippen LogP contribution is 2.26. The van der Waals surface area contributed by atoms with Crippen LogP contribution in [0.3, 0.4) is 0 Å². The van der Waals surface area contributed by atoms with E-state index in [0.717, 1.165) is 0 Å². The lowest BCUT2D eigenvalue weighted by atomic mass is 9.95. The molecule has 3 rings (SSSR count). The van der Waals surface area contributed by atoms with E-state index in [1.54, 1.807) is 53.4 Å². The molecule has 2 aromatic carbocycles. The van der Waals surface area contributed by atoms with Gasteiger partial charge >= 0.3 is 0 Å². The number of carbonyl (C=O) groups is 2. The third-order valence-electron chi connectivity index (χ3n) is 5.56. The van der Waals surface area contributed by atoms with Gasteiger partial charge in [0.25, 0.3) is 5.91 Å². The van der Waals surface area contributed by atoms with Gasteiger partial charge in [0, 0.05) is 43.7 Å². The van der Waals surface area contributed by atoms with Crippen LogP contribution in [0, 0.1) is 5.92 Å². The van der Waals surface area contributed by atoms with E-state index in [9.17, 15) is 18.0 Å². The summed E-state index contributed by atoms with van der Waals surface area (Å²) in [5.74, 6) is -0.201. The predicted molar refractivity (Wildman–Crippen MR) is 116 cm³/mol. The van der Waals surface area contributed by atoms with Crippen LogP contribution < -0.4 is 10.5 Å². The standard InChI is InChI=1S/C22H27N3O5S/c1-24(31(28,29)19-6-4-3-5-7-19)15-18-14-17(8-9-20(18)30-2)22(27)25-12-10-16(11-13-25)21(23)26/h3-9,14,16H,10-13,15H2,1-2H3,(H2,23,26). The van der Waals surface area contributed by atoms with Crippen LogP contribution in [0.4, 0.5) is 0 Å². The molecule has 31 heavy (non-hydrogen) atoms. The minimum absolute atomic E-state index is 0.0469. The van der Waals surface area contributed by atoms with Crippen molar-refractivity contribution in [1.82, 2.24) is 9.21 Å². The lowest BCUT2D eigenvalue weighted by Gasteiger charge is -2.30. The van der Waals surface area contributed by atoms with Crippen LogP contribution in [0.25, 0.3) is 0 Å². The number of nitrogens with zero attached hydrogens (tertiary/aromatic N) is 2. The van der Waals surface area contributed by atoms with Gasteiger partial charge in [-0.1, -0.05) is 18.2 Å². The maximum Gasteiger partial charge on any atom is 0.253 e. The Kier molecular flexibility index (Phi) is 6.97.